The van der Waals surface area contributed by atoms with Crippen LogP contribution in [0.25, 0.3) is 10.6 Å². The van der Waals surface area contributed by atoms with Crippen molar-refractivity contribution in [2.45, 2.75) is 6.54 Å². The average molecular weight is 415 g/mol. The third-order valence-electron chi connectivity index (χ3n) is 3.98. The van der Waals surface area contributed by atoms with Crippen molar-refractivity contribution in [2.24, 2.45) is 0 Å². The minimum atomic E-state index is -0.311. The highest BCUT2D eigenvalue weighted by molar-refractivity contribution is 7.13. The Kier molecular flexibility index (Phi) is 6.85. The zero-order valence-corrected chi connectivity index (χ0v) is 16.9. The number of nitrogens with one attached hydrogen (secondary N) is 1. The Hall–Kier alpha value is -3.33. The van der Waals surface area contributed by atoms with Gasteiger partial charge in [0.25, 0.3) is 11.5 Å². The average Bonchev–Trinajstić information content (AvgIpc) is 3.28. The van der Waals surface area contributed by atoms with Gasteiger partial charge in [-0.15, -0.1) is 11.3 Å². The molecule has 29 heavy (non-hydrogen) atoms. The van der Waals surface area contributed by atoms with Gasteiger partial charge < -0.3 is 19.5 Å². The Bertz CT molecular complexity index is 995. The highest BCUT2D eigenvalue weighted by Gasteiger charge is 2.08. The van der Waals surface area contributed by atoms with Crippen LogP contribution in [0.4, 0.5) is 0 Å². The number of carbonyl (C=O) groups is 1. The van der Waals surface area contributed by atoms with Crippen molar-refractivity contribution in [2.75, 3.05) is 27.4 Å². The molecule has 0 aliphatic carbocycles. The van der Waals surface area contributed by atoms with E-state index < -0.39 is 0 Å². The van der Waals surface area contributed by atoms with Crippen molar-refractivity contribution in [1.29, 1.82) is 0 Å². The number of methoxy groups -OCH3 is 2. The maximum absolute atomic E-state index is 12.0. The monoisotopic (exact) mass is 415 g/mol. The minimum Gasteiger partial charge on any atom is -0.496 e. The maximum Gasteiger partial charge on any atom is 0.266 e. The Morgan fingerprint density at radius 3 is 2.48 bits per heavy atom. The Labute approximate surface area is 171 Å². The van der Waals surface area contributed by atoms with Gasteiger partial charge in [0.05, 0.1) is 25.6 Å². The summed E-state index contributed by atoms with van der Waals surface area (Å²) in [6.07, 6.45) is 0. The summed E-state index contributed by atoms with van der Waals surface area (Å²) in [4.78, 5) is 25.0. The molecular formula is C20H21N3O5S. The van der Waals surface area contributed by atoms with E-state index in [1.165, 1.54) is 25.0 Å². The summed E-state index contributed by atoms with van der Waals surface area (Å²) < 4.78 is 17.2. The van der Waals surface area contributed by atoms with Gasteiger partial charge in [-0.2, -0.15) is 5.10 Å². The van der Waals surface area contributed by atoms with Crippen LogP contribution in [0.5, 0.6) is 17.2 Å². The van der Waals surface area contributed by atoms with E-state index in [4.69, 9.17) is 14.2 Å². The predicted octanol–water partition coefficient (Wildman–Crippen LogP) is 2.18. The zero-order chi connectivity index (χ0) is 20.6. The Balaban J connectivity index is 1.52. The number of nitrogens with zero attached hydrogens (tertiary/aromatic N) is 2. The lowest BCUT2D eigenvalue weighted by Crippen LogP contribution is -2.34. The van der Waals surface area contributed by atoms with Crippen LogP contribution in [-0.4, -0.2) is 43.1 Å². The molecule has 2 aromatic heterocycles. The molecule has 152 valence electrons. The molecule has 0 bridgehead atoms. The third kappa shape index (κ3) is 5.58. The van der Waals surface area contributed by atoms with E-state index in [2.05, 4.69) is 10.4 Å². The number of hydrogen-bond donors (Lipinski definition) is 1. The second-order valence-corrected chi connectivity index (χ2v) is 6.89. The predicted molar refractivity (Wildman–Crippen MR) is 110 cm³/mol. The van der Waals surface area contributed by atoms with Crippen molar-refractivity contribution < 1.29 is 19.0 Å². The van der Waals surface area contributed by atoms with Crippen molar-refractivity contribution >= 4 is 17.2 Å². The SMILES string of the molecule is COc1cc(OC)cc(OCC(=O)NCCn2nc(-c3cccs3)ccc2=O)c1. The standard InChI is InChI=1S/C20H21N3O5S/c1-26-14-10-15(27-2)12-16(11-14)28-13-19(24)21-7-8-23-20(25)6-5-17(22-23)18-4-3-9-29-18/h3-6,9-12H,7-8,13H2,1-2H3,(H,21,24). The van der Waals surface area contributed by atoms with Gasteiger partial charge in [-0.25, -0.2) is 4.68 Å². The van der Waals surface area contributed by atoms with E-state index in [1.54, 1.807) is 35.6 Å². The van der Waals surface area contributed by atoms with Gasteiger partial charge in [0.1, 0.15) is 22.9 Å². The summed E-state index contributed by atoms with van der Waals surface area (Å²) in [5.41, 5.74) is 0.500. The van der Waals surface area contributed by atoms with E-state index in [9.17, 15) is 9.59 Å². The molecule has 0 unspecified atom stereocenters. The van der Waals surface area contributed by atoms with Gasteiger partial charge >= 0.3 is 0 Å². The molecule has 3 aromatic rings. The van der Waals surface area contributed by atoms with Crippen molar-refractivity contribution in [3.05, 3.63) is 58.2 Å². The number of rotatable bonds is 9. The summed E-state index contributed by atoms with van der Waals surface area (Å²) in [5, 5.41) is 9.01. The second-order valence-electron chi connectivity index (χ2n) is 5.94. The smallest absolute Gasteiger partial charge is 0.266 e. The van der Waals surface area contributed by atoms with Gasteiger partial charge in [0, 0.05) is 30.8 Å². The summed E-state index contributed by atoms with van der Waals surface area (Å²) in [6.45, 7) is 0.342. The van der Waals surface area contributed by atoms with Gasteiger partial charge in [-0.1, -0.05) is 6.07 Å². The molecule has 0 atom stereocenters. The van der Waals surface area contributed by atoms with E-state index in [1.807, 2.05) is 17.5 Å². The van der Waals surface area contributed by atoms with Crippen LogP contribution in [0.1, 0.15) is 0 Å². The fraction of sp³-hybridized carbons (Fsp3) is 0.250. The van der Waals surface area contributed by atoms with Crippen LogP contribution in [0.15, 0.2) is 52.6 Å². The first kappa shape index (κ1) is 20.4. The first-order chi connectivity index (χ1) is 14.1. The summed E-state index contributed by atoms with van der Waals surface area (Å²) in [7, 11) is 3.07. The lowest BCUT2D eigenvalue weighted by molar-refractivity contribution is -0.123. The van der Waals surface area contributed by atoms with Crippen LogP contribution in [0.3, 0.4) is 0 Å². The second kappa shape index (κ2) is 9.74. The molecule has 1 amide bonds. The topological polar surface area (TPSA) is 91.7 Å². The lowest BCUT2D eigenvalue weighted by atomic mass is 10.3. The van der Waals surface area contributed by atoms with Gasteiger partial charge in [0.2, 0.25) is 0 Å². The van der Waals surface area contributed by atoms with E-state index >= 15 is 0 Å². The van der Waals surface area contributed by atoms with E-state index in [-0.39, 0.29) is 31.2 Å². The van der Waals surface area contributed by atoms with E-state index in [0.717, 1.165) is 10.6 Å². The molecule has 0 aliphatic rings. The van der Waals surface area contributed by atoms with Crippen LogP contribution in [-0.2, 0) is 11.3 Å². The fourth-order valence-corrected chi connectivity index (χ4v) is 3.22. The molecule has 1 N–H and O–H groups in total. The highest BCUT2D eigenvalue weighted by Crippen LogP contribution is 2.27. The number of benzene rings is 1. The van der Waals surface area contributed by atoms with Crippen LogP contribution in [0.2, 0.25) is 0 Å². The first-order valence-electron chi connectivity index (χ1n) is 8.83. The number of hydrogen-bond acceptors (Lipinski definition) is 7. The maximum atomic E-state index is 12.0. The molecule has 3 rings (SSSR count). The Morgan fingerprint density at radius 1 is 1.10 bits per heavy atom. The molecule has 0 radical (unpaired) electrons. The summed E-state index contributed by atoms with van der Waals surface area (Å²) in [6, 6.07) is 12.1. The number of carbonyl (C=O) groups excluding carboxylic acids is 1. The summed E-state index contributed by atoms with van der Waals surface area (Å²) >= 11 is 1.55. The normalized spacial score (nSPS) is 10.4. The third-order valence-corrected chi connectivity index (χ3v) is 4.87. The highest BCUT2D eigenvalue weighted by atomic mass is 32.1. The van der Waals surface area contributed by atoms with E-state index in [0.29, 0.717) is 17.2 Å². The number of amides is 1. The van der Waals surface area contributed by atoms with Gasteiger partial charge in [-0.05, 0) is 17.5 Å². The molecule has 1 aromatic carbocycles. The van der Waals surface area contributed by atoms with Crippen LogP contribution < -0.4 is 25.1 Å². The largest absolute Gasteiger partial charge is 0.496 e. The van der Waals surface area contributed by atoms with Crippen molar-refractivity contribution in [3.63, 3.8) is 0 Å². The van der Waals surface area contributed by atoms with Gasteiger partial charge in [0.15, 0.2) is 6.61 Å². The first-order valence-corrected chi connectivity index (χ1v) is 9.71. The molecule has 9 heteroatoms. The fourth-order valence-electron chi connectivity index (χ4n) is 2.53. The molecule has 0 fully saturated rings. The number of thiophene rings is 1. The zero-order valence-electron chi connectivity index (χ0n) is 16.1. The number of ether oxygens (including phenoxy) is 3. The molecular weight excluding hydrogens is 394 g/mol. The summed E-state index contributed by atoms with van der Waals surface area (Å²) in [5.74, 6) is 1.28. The Morgan fingerprint density at radius 2 is 1.83 bits per heavy atom. The molecule has 0 aliphatic heterocycles. The molecule has 0 saturated heterocycles. The quantitative estimate of drug-likeness (QED) is 0.576. The minimum absolute atomic E-state index is 0.173. The van der Waals surface area contributed by atoms with Crippen LogP contribution in [0, 0.1) is 0 Å². The molecule has 8 nitrogen and oxygen atoms in total. The number of aromatic nitrogens is 2. The molecule has 2 heterocycles. The lowest BCUT2D eigenvalue weighted by Gasteiger charge is -2.11. The molecule has 0 saturated carbocycles. The van der Waals surface area contributed by atoms with Gasteiger partial charge in [-0.3, -0.25) is 9.59 Å². The van der Waals surface area contributed by atoms with Crippen LogP contribution >= 0.6 is 11.3 Å². The molecule has 0 spiro atoms. The van der Waals surface area contributed by atoms with Crippen molar-refractivity contribution in [3.8, 4) is 27.8 Å². The van der Waals surface area contributed by atoms with Crippen molar-refractivity contribution in [1.82, 2.24) is 15.1 Å².